The minimum Gasteiger partial charge on any atom is -0.497 e. The van der Waals surface area contributed by atoms with E-state index >= 15 is 0 Å². The van der Waals surface area contributed by atoms with Gasteiger partial charge in [-0.1, -0.05) is 17.7 Å². The normalized spacial score (nSPS) is 13.2. The number of carbonyl (C=O) groups excluding carboxylic acids is 2. The van der Waals surface area contributed by atoms with Gasteiger partial charge in [-0.05, 0) is 43.3 Å². The molecule has 3 N–H and O–H groups in total. The molecule has 162 valence electrons. The molecule has 2 aromatic carbocycles. The lowest BCUT2D eigenvalue weighted by Gasteiger charge is -2.20. The Balaban J connectivity index is 1.99. The van der Waals surface area contributed by atoms with Crippen LogP contribution in [-0.4, -0.2) is 51.3 Å². The molecule has 0 saturated carbocycles. The molecule has 2 atom stereocenters. The number of methoxy groups -OCH3 is 1. The van der Waals surface area contributed by atoms with Gasteiger partial charge in [0.15, 0.2) is 6.61 Å². The van der Waals surface area contributed by atoms with Gasteiger partial charge in [-0.3, -0.25) is 9.59 Å². The monoisotopic (exact) mass is 456 g/mol. The van der Waals surface area contributed by atoms with Crippen molar-refractivity contribution >= 4 is 39.2 Å². The number of aliphatic hydroxyl groups excluding tert-OH is 1. The quantitative estimate of drug-likeness (QED) is 0.488. The van der Waals surface area contributed by atoms with Gasteiger partial charge in [0.2, 0.25) is 10.0 Å². The summed E-state index contributed by atoms with van der Waals surface area (Å²) in [5, 5.41) is 12.7. The Kier molecular flexibility index (Phi) is 8.18. The Morgan fingerprint density at radius 3 is 2.43 bits per heavy atom. The van der Waals surface area contributed by atoms with Crippen molar-refractivity contribution in [2.45, 2.75) is 24.0 Å². The first-order chi connectivity index (χ1) is 14.1. The number of hydrogen-bond acceptors (Lipinski definition) is 7. The Labute approximate surface area is 179 Å². The number of carbonyl (C=O) groups is 2. The molecule has 0 aromatic heterocycles. The predicted molar refractivity (Wildman–Crippen MR) is 110 cm³/mol. The molecule has 0 aliphatic carbocycles. The van der Waals surface area contributed by atoms with Crippen LogP contribution in [0.25, 0.3) is 0 Å². The number of rotatable bonds is 9. The summed E-state index contributed by atoms with van der Waals surface area (Å²) in [4.78, 5) is 24.1. The van der Waals surface area contributed by atoms with Crippen LogP contribution in [0, 0.1) is 0 Å². The van der Waals surface area contributed by atoms with Crippen molar-refractivity contribution in [1.82, 2.24) is 4.72 Å². The SMILES string of the molecule is COc1cccc(NC(=O)COC(=O)[C@H](NS(=O)(=O)c2ccc(Cl)cc2)[C@H](C)O)c1. The number of aliphatic hydroxyl groups is 1. The van der Waals surface area contributed by atoms with Gasteiger partial charge in [-0.15, -0.1) is 0 Å². The van der Waals surface area contributed by atoms with Crippen LogP contribution in [0.15, 0.2) is 53.4 Å². The van der Waals surface area contributed by atoms with Crippen LogP contribution < -0.4 is 14.8 Å². The third kappa shape index (κ3) is 6.70. The number of sulfonamides is 1. The summed E-state index contributed by atoms with van der Waals surface area (Å²) in [6.45, 7) is 0.536. The van der Waals surface area contributed by atoms with E-state index in [0.29, 0.717) is 16.5 Å². The van der Waals surface area contributed by atoms with Crippen molar-refractivity contribution in [3.63, 3.8) is 0 Å². The standard InChI is InChI=1S/C19H21ClN2O7S/c1-12(23)18(22-30(26,27)16-8-6-13(20)7-9-16)19(25)29-11-17(24)21-14-4-3-5-15(10-14)28-2/h3-10,12,18,22-23H,11H2,1-2H3,(H,21,24)/t12-,18+/m0/s1. The first-order valence-electron chi connectivity index (χ1n) is 8.69. The zero-order chi connectivity index (χ0) is 22.3. The number of ether oxygens (including phenoxy) is 2. The number of hydrogen-bond donors (Lipinski definition) is 3. The van der Waals surface area contributed by atoms with Gasteiger partial charge in [-0.2, -0.15) is 4.72 Å². The van der Waals surface area contributed by atoms with Gasteiger partial charge in [0.05, 0.1) is 18.1 Å². The van der Waals surface area contributed by atoms with E-state index in [4.69, 9.17) is 21.1 Å². The number of amides is 1. The zero-order valence-electron chi connectivity index (χ0n) is 16.2. The van der Waals surface area contributed by atoms with Crippen LogP contribution in [0.5, 0.6) is 5.75 Å². The summed E-state index contributed by atoms with van der Waals surface area (Å²) in [6.07, 6.45) is -1.42. The largest absolute Gasteiger partial charge is 0.497 e. The molecule has 11 heteroatoms. The van der Waals surface area contributed by atoms with Gasteiger partial charge in [-0.25, -0.2) is 8.42 Å². The minimum absolute atomic E-state index is 0.152. The first kappa shape index (κ1) is 23.6. The molecule has 0 saturated heterocycles. The van der Waals surface area contributed by atoms with Crippen molar-refractivity contribution in [3.05, 3.63) is 53.6 Å². The summed E-state index contributed by atoms with van der Waals surface area (Å²) >= 11 is 5.74. The molecule has 0 bridgehead atoms. The summed E-state index contributed by atoms with van der Waals surface area (Å²) in [5.41, 5.74) is 0.422. The lowest BCUT2D eigenvalue weighted by molar-refractivity contribution is -0.151. The maximum atomic E-state index is 12.4. The fourth-order valence-corrected chi connectivity index (χ4v) is 3.70. The summed E-state index contributed by atoms with van der Waals surface area (Å²) in [7, 11) is -2.67. The molecule has 0 unspecified atom stereocenters. The van der Waals surface area contributed by atoms with Crippen molar-refractivity contribution in [2.24, 2.45) is 0 Å². The maximum Gasteiger partial charge on any atom is 0.327 e. The van der Waals surface area contributed by atoms with E-state index in [9.17, 15) is 23.1 Å². The van der Waals surface area contributed by atoms with E-state index in [1.807, 2.05) is 0 Å². The summed E-state index contributed by atoms with van der Waals surface area (Å²) in [5.74, 6) is -1.24. The number of esters is 1. The number of anilines is 1. The number of halogens is 1. The second-order valence-electron chi connectivity index (χ2n) is 6.18. The third-order valence-electron chi connectivity index (χ3n) is 3.84. The second kappa shape index (κ2) is 10.4. The van der Waals surface area contributed by atoms with Crippen LogP contribution in [0.2, 0.25) is 5.02 Å². The molecule has 1 amide bonds. The molecule has 0 fully saturated rings. The molecule has 0 heterocycles. The Bertz CT molecular complexity index is 994. The topological polar surface area (TPSA) is 131 Å². The lowest BCUT2D eigenvalue weighted by atomic mass is 10.2. The molecule has 2 aromatic rings. The van der Waals surface area contributed by atoms with E-state index in [0.717, 1.165) is 0 Å². The molecule has 2 rings (SSSR count). The van der Waals surface area contributed by atoms with E-state index < -0.39 is 40.7 Å². The van der Waals surface area contributed by atoms with Crippen LogP contribution >= 0.6 is 11.6 Å². The zero-order valence-corrected chi connectivity index (χ0v) is 17.7. The van der Waals surface area contributed by atoms with E-state index in [2.05, 4.69) is 10.0 Å². The molecule has 0 aliphatic rings. The summed E-state index contributed by atoms with van der Waals surface area (Å²) < 4.78 is 36.9. The van der Waals surface area contributed by atoms with Crippen LogP contribution in [-0.2, 0) is 24.3 Å². The minimum atomic E-state index is -4.15. The molecular formula is C19H21ClN2O7S. The van der Waals surface area contributed by atoms with Crippen LogP contribution in [0.3, 0.4) is 0 Å². The molecule has 0 radical (unpaired) electrons. The highest BCUT2D eigenvalue weighted by Crippen LogP contribution is 2.17. The fraction of sp³-hybridized carbons (Fsp3) is 0.263. The molecular weight excluding hydrogens is 436 g/mol. The van der Waals surface area contributed by atoms with Crippen LogP contribution in [0.4, 0.5) is 5.69 Å². The van der Waals surface area contributed by atoms with Gasteiger partial charge in [0.25, 0.3) is 5.91 Å². The fourth-order valence-electron chi connectivity index (χ4n) is 2.32. The molecule has 0 spiro atoms. The van der Waals surface area contributed by atoms with Crippen molar-refractivity contribution in [2.75, 3.05) is 19.0 Å². The van der Waals surface area contributed by atoms with E-state index in [1.54, 1.807) is 24.3 Å². The Morgan fingerprint density at radius 2 is 1.83 bits per heavy atom. The number of benzene rings is 2. The van der Waals surface area contributed by atoms with E-state index in [1.165, 1.54) is 38.3 Å². The Hall–Kier alpha value is -2.66. The average Bonchev–Trinajstić information content (AvgIpc) is 2.70. The summed E-state index contributed by atoms with van der Waals surface area (Å²) in [6, 6.07) is 10.2. The third-order valence-corrected chi connectivity index (χ3v) is 5.55. The molecule has 30 heavy (non-hydrogen) atoms. The highest BCUT2D eigenvalue weighted by molar-refractivity contribution is 7.89. The van der Waals surface area contributed by atoms with Crippen molar-refractivity contribution in [1.29, 1.82) is 0 Å². The van der Waals surface area contributed by atoms with Gasteiger partial charge >= 0.3 is 5.97 Å². The lowest BCUT2D eigenvalue weighted by Crippen LogP contribution is -2.48. The van der Waals surface area contributed by atoms with Gasteiger partial charge in [0, 0.05) is 16.8 Å². The molecule has 9 nitrogen and oxygen atoms in total. The second-order valence-corrected chi connectivity index (χ2v) is 8.33. The number of nitrogens with one attached hydrogen (secondary N) is 2. The highest BCUT2D eigenvalue weighted by atomic mass is 35.5. The average molecular weight is 457 g/mol. The van der Waals surface area contributed by atoms with Crippen molar-refractivity contribution in [3.8, 4) is 5.75 Å². The van der Waals surface area contributed by atoms with Crippen LogP contribution in [0.1, 0.15) is 6.92 Å². The van der Waals surface area contributed by atoms with Crippen molar-refractivity contribution < 1.29 is 32.6 Å². The highest BCUT2D eigenvalue weighted by Gasteiger charge is 2.31. The van der Waals surface area contributed by atoms with Gasteiger partial charge in [0.1, 0.15) is 11.8 Å². The smallest absolute Gasteiger partial charge is 0.327 e. The van der Waals surface area contributed by atoms with E-state index in [-0.39, 0.29) is 4.90 Å². The van der Waals surface area contributed by atoms with Gasteiger partial charge < -0.3 is 19.9 Å². The first-order valence-corrected chi connectivity index (χ1v) is 10.5. The maximum absolute atomic E-state index is 12.4. The Morgan fingerprint density at radius 1 is 1.17 bits per heavy atom. The molecule has 0 aliphatic heterocycles. The predicted octanol–water partition coefficient (Wildman–Crippen LogP) is 1.56.